The fourth-order valence-corrected chi connectivity index (χ4v) is 6.53. The molecular formula is C31H25Cl2N3O3S. The number of hydrogen-bond donors (Lipinski definition) is 2. The first-order chi connectivity index (χ1) is 19.4. The number of allylic oxidation sites excluding steroid dienone is 1. The summed E-state index contributed by atoms with van der Waals surface area (Å²) >= 11 is 14.0. The highest BCUT2D eigenvalue weighted by atomic mass is 35.5. The Balaban J connectivity index is 1.51. The summed E-state index contributed by atoms with van der Waals surface area (Å²) < 4.78 is 5.39. The van der Waals surface area contributed by atoms with Crippen molar-refractivity contribution >= 4 is 63.4 Å². The average Bonchev–Trinajstić information content (AvgIpc) is 3.45. The molecule has 0 fully saturated rings. The van der Waals surface area contributed by atoms with Crippen molar-refractivity contribution in [3.05, 3.63) is 116 Å². The third-order valence-electron chi connectivity index (χ3n) is 7.26. The number of halogens is 2. The number of para-hydroxylation sites is 2. The molecule has 0 saturated heterocycles. The van der Waals surface area contributed by atoms with Crippen molar-refractivity contribution in [1.29, 1.82) is 0 Å². The number of carbonyl (C=O) groups excluding carboxylic acids is 2. The minimum atomic E-state index is -0.684. The maximum Gasteiger partial charge on any atom is 0.327 e. The van der Waals surface area contributed by atoms with Gasteiger partial charge >= 0.3 is 6.03 Å². The number of thiophene rings is 1. The number of hydrogen-bond acceptors (Lipinski definition) is 5. The summed E-state index contributed by atoms with van der Waals surface area (Å²) in [5, 5.41) is 9.28. The Labute approximate surface area is 246 Å². The molecule has 1 aliphatic heterocycles. The van der Waals surface area contributed by atoms with Gasteiger partial charge in [0.05, 0.1) is 34.6 Å². The maximum atomic E-state index is 14.2. The molecule has 2 heterocycles. The number of carbonyl (C=O) groups is 2. The molecule has 202 valence electrons. The Morgan fingerprint density at radius 3 is 2.52 bits per heavy atom. The van der Waals surface area contributed by atoms with E-state index in [2.05, 4.69) is 16.7 Å². The highest BCUT2D eigenvalue weighted by Gasteiger charge is 2.42. The van der Waals surface area contributed by atoms with Gasteiger partial charge in [0.2, 0.25) is 0 Å². The standard InChI is InChI=1S/C31H25Cl2N3O3S/c1-39-21-11-8-18(9-12-21)30-29-25(15-19(16-27(29)37)28-7-4-14-40-28)35-24-5-2-3-6-26(24)36(30)31(38)34-20-10-13-22(32)23(33)17-20/h2-14,17,19,30,35H,15-16H2,1H3,(H,34,38)/t19-,30-/m0/s1. The van der Waals surface area contributed by atoms with Gasteiger partial charge in [0.15, 0.2) is 5.78 Å². The fraction of sp³-hybridized carbons (Fsp3) is 0.161. The van der Waals surface area contributed by atoms with Gasteiger partial charge < -0.3 is 15.4 Å². The monoisotopic (exact) mass is 589 g/mol. The van der Waals surface area contributed by atoms with Crippen LogP contribution in [0, 0.1) is 0 Å². The van der Waals surface area contributed by atoms with Gasteiger partial charge in [-0.3, -0.25) is 9.69 Å². The van der Waals surface area contributed by atoms with Gasteiger partial charge in [-0.1, -0.05) is 53.5 Å². The first-order valence-corrected chi connectivity index (χ1v) is 14.4. The van der Waals surface area contributed by atoms with E-state index in [1.165, 1.54) is 4.88 Å². The number of amides is 2. The fourth-order valence-electron chi connectivity index (χ4n) is 5.40. The molecule has 6 rings (SSSR count). The number of nitrogens with one attached hydrogen (secondary N) is 2. The van der Waals surface area contributed by atoms with Crippen molar-refractivity contribution in [2.45, 2.75) is 24.8 Å². The number of nitrogens with zero attached hydrogens (tertiary/aromatic N) is 1. The molecule has 6 nitrogen and oxygen atoms in total. The molecule has 0 radical (unpaired) electrons. The zero-order chi connectivity index (χ0) is 27.8. The maximum absolute atomic E-state index is 14.2. The van der Waals surface area contributed by atoms with E-state index in [-0.39, 0.29) is 11.7 Å². The number of methoxy groups -OCH3 is 1. The predicted molar refractivity (Wildman–Crippen MR) is 162 cm³/mol. The number of ether oxygens (including phenoxy) is 1. The van der Waals surface area contributed by atoms with Crippen molar-refractivity contribution in [3.63, 3.8) is 0 Å². The third-order valence-corrected chi connectivity index (χ3v) is 9.03. The van der Waals surface area contributed by atoms with Crippen LogP contribution >= 0.6 is 34.5 Å². The second-order valence-electron chi connectivity index (χ2n) is 9.68. The van der Waals surface area contributed by atoms with Crippen LogP contribution in [0.15, 0.2) is 95.5 Å². The molecular weight excluding hydrogens is 565 g/mol. The highest BCUT2D eigenvalue weighted by molar-refractivity contribution is 7.10. The van der Waals surface area contributed by atoms with Gasteiger partial charge in [-0.2, -0.15) is 0 Å². The second-order valence-corrected chi connectivity index (χ2v) is 11.5. The molecule has 40 heavy (non-hydrogen) atoms. The average molecular weight is 591 g/mol. The van der Waals surface area contributed by atoms with Gasteiger partial charge in [0, 0.05) is 34.2 Å². The number of benzene rings is 3. The first kappa shape index (κ1) is 26.4. The van der Waals surface area contributed by atoms with Gasteiger partial charge in [0.25, 0.3) is 0 Å². The lowest BCUT2D eigenvalue weighted by atomic mass is 9.80. The van der Waals surface area contributed by atoms with Crippen molar-refractivity contribution in [1.82, 2.24) is 0 Å². The summed E-state index contributed by atoms with van der Waals surface area (Å²) in [6.07, 6.45) is 1.02. The van der Waals surface area contributed by atoms with Crippen molar-refractivity contribution in [2.75, 3.05) is 22.6 Å². The summed E-state index contributed by atoms with van der Waals surface area (Å²) in [7, 11) is 1.60. The van der Waals surface area contributed by atoms with Crippen LogP contribution in [0.1, 0.15) is 35.2 Å². The number of Topliss-reactive ketones (excluding diaryl/α,β-unsaturated/α-hetero) is 1. The van der Waals surface area contributed by atoms with Crippen LogP contribution in [0.4, 0.5) is 21.9 Å². The molecule has 1 aliphatic carbocycles. The van der Waals surface area contributed by atoms with Crippen LogP contribution in [0.3, 0.4) is 0 Å². The Bertz CT molecular complexity index is 1620. The lowest BCUT2D eigenvalue weighted by Gasteiger charge is -2.35. The van der Waals surface area contributed by atoms with Gasteiger partial charge in [-0.05, 0) is 65.9 Å². The summed E-state index contributed by atoms with van der Waals surface area (Å²) in [6, 6.07) is 23.0. The summed E-state index contributed by atoms with van der Waals surface area (Å²) in [5.41, 5.74) is 4.08. The molecule has 4 aromatic rings. The van der Waals surface area contributed by atoms with Crippen LogP contribution < -0.4 is 20.3 Å². The smallest absolute Gasteiger partial charge is 0.327 e. The van der Waals surface area contributed by atoms with E-state index in [0.29, 0.717) is 45.6 Å². The number of rotatable bonds is 4. The molecule has 0 unspecified atom stereocenters. The van der Waals surface area contributed by atoms with Crippen LogP contribution in [0.25, 0.3) is 0 Å². The number of ketones is 1. The minimum absolute atomic E-state index is 0.00751. The Morgan fingerprint density at radius 2 is 1.80 bits per heavy atom. The third kappa shape index (κ3) is 4.96. The Morgan fingerprint density at radius 1 is 1.00 bits per heavy atom. The molecule has 1 aromatic heterocycles. The highest BCUT2D eigenvalue weighted by Crippen LogP contribution is 2.48. The van der Waals surface area contributed by atoms with Crippen molar-refractivity contribution in [2.24, 2.45) is 0 Å². The van der Waals surface area contributed by atoms with E-state index in [1.54, 1.807) is 41.5 Å². The van der Waals surface area contributed by atoms with Gasteiger partial charge in [-0.15, -0.1) is 11.3 Å². The largest absolute Gasteiger partial charge is 0.497 e. The first-order valence-electron chi connectivity index (χ1n) is 12.8. The number of fused-ring (bicyclic) bond motifs is 1. The van der Waals surface area contributed by atoms with Gasteiger partial charge in [0.1, 0.15) is 5.75 Å². The van der Waals surface area contributed by atoms with E-state index in [0.717, 1.165) is 16.9 Å². The molecule has 2 N–H and O–H groups in total. The van der Waals surface area contributed by atoms with Crippen LogP contribution in [-0.2, 0) is 4.79 Å². The minimum Gasteiger partial charge on any atom is -0.497 e. The summed E-state index contributed by atoms with van der Waals surface area (Å²) in [4.78, 5) is 31.0. The zero-order valence-corrected chi connectivity index (χ0v) is 23.8. The Kier molecular flexibility index (Phi) is 7.27. The number of urea groups is 1. The van der Waals surface area contributed by atoms with E-state index in [9.17, 15) is 9.59 Å². The SMILES string of the molecule is COc1ccc([C@H]2C3=C(C[C@H](c4cccs4)CC3=O)Nc3ccccc3N2C(=O)Nc2ccc(Cl)c(Cl)c2)cc1. The van der Waals surface area contributed by atoms with Crippen LogP contribution in [0.5, 0.6) is 5.75 Å². The molecule has 2 amide bonds. The molecule has 0 saturated carbocycles. The van der Waals surface area contributed by atoms with E-state index in [1.807, 2.05) is 60.0 Å². The molecule has 0 bridgehead atoms. The normalized spacial score (nSPS) is 18.4. The second kappa shape index (κ2) is 11.0. The molecule has 3 aromatic carbocycles. The summed E-state index contributed by atoms with van der Waals surface area (Å²) in [5.74, 6) is 0.761. The lowest BCUT2D eigenvalue weighted by Crippen LogP contribution is -2.41. The molecule has 0 spiro atoms. The van der Waals surface area contributed by atoms with Crippen LogP contribution in [0.2, 0.25) is 10.0 Å². The number of anilines is 3. The van der Waals surface area contributed by atoms with Gasteiger partial charge in [-0.25, -0.2) is 4.79 Å². The topological polar surface area (TPSA) is 70.7 Å². The van der Waals surface area contributed by atoms with E-state index in [4.69, 9.17) is 27.9 Å². The van der Waals surface area contributed by atoms with E-state index < -0.39 is 12.1 Å². The van der Waals surface area contributed by atoms with Crippen LogP contribution in [-0.4, -0.2) is 18.9 Å². The lowest BCUT2D eigenvalue weighted by molar-refractivity contribution is -0.116. The Hall–Kier alpha value is -3.78. The zero-order valence-electron chi connectivity index (χ0n) is 21.5. The quantitative estimate of drug-likeness (QED) is 0.250. The molecule has 2 atom stereocenters. The van der Waals surface area contributed by atoms with Crippen molar-refractivity contribution < 1.29 is 14.3 Å². The van der Waals surface area contributed by atoms with Crippen molar-refractivity contribution in [3.8, 4) is 5.75 Å². The predicted octanol–water partition coefficient (Wildman–Crippen LogP) is 8.67. The molecule has 2 aliphatic rings. The van der Waals surface area contributed by atoms with E-state index >= 15 is 0 Å². The molecule has 9 heteroatoms. The summed E-state index contributed by atoms with van der Waals surface area (Å²) in [6.45, 7) is 0.